The molecular weight excluding hydrogens is 515 g/mol. The molecule has 0 amide bonds. The average molecular weight is 540 g/mol. The Bertz CT molecular complexity index is 967. The largest absolute Gasteiger partial charge is 1.00 e. The van der Waals surface area contributed by atoms with E-state index in [1.807, 2.05) is 0 Å². The molecule has 0 aliphatic carbocycles. The fourth-order valence-corrected chi connectivity index (χ4v) is 9.02. The third kappa shape index (κ3) is 4.47. The lowest BCUT2D eigenvalue weighted by Gasteiger charge is -2.28. The Hall–Kier alpha value is -1.73. The van der Waals surface area contributed by atoms with E-state index in [4.69, 9.17) is 0 Å². The average Bonchev–Trinajstić information content (AvgIpc) is 2.80. The molecule has 0 heterocycles. The van der Waals surface area contributed by atoms with Gasteiger partial charge in [0.15, 0.2) is 0 Å². The first-order valence-corrected chi connectivity index (χ1v) is 13.0. The number of alkyl halides is 1. The molecule has 3 heteroatoms. The summed E-state index contributed by atoms with van der Waals surface area (Å²) in [6, 6.07) is 40.1. The molecule has 4 aromatic carbocycles. The van der Waals surface area contributed by atoms with Crippen molar-refractivity contribution >= 4 is 39.1 Å². The topological polar surface area (TPSA) is 0 Å². The van der Waals surface area contributed by atoms with Crippen LogP contribution in [0, 0.1) is 6.92 Å². The Morgan fingerprint density at radius 2 is 0.967 bits per heavy atom. The maximum atomic E-state index is 3.67. The molecule has 0 radical (unpaired) electrons. The molecule has 0 aliphatic heterocycles. The van der Waals surface area contributed by atoms with Gasteiger partial charge in [0.25, 0.3) is 0 Å². The first kappa shape index (κ1) is 22.9. The van der Waals surface area contributed by atoms with Crippen molar-refractivity contribution in [2.24, 2.45) is 0 Å². The van der Waals surface area contributed by atoms with Gasteiger partial charge in [-0.1, -0.05) is 88.7 Å². The Morgan fingerprint density at radius 1 is 0.567 bits per heavy atom. The lowest BCUT2D eigenvalue weighted by molar-refractivity contribution is -0.00000562. The summed E-state index contributed by atoms with van der Waals surface area (Å²) in [5, 5.41) is 5.18. The molecule has 4 aromatic rings. The molecule has 0 atom stereocenters. The zero-order valence-corrected chi connectivity index (χ0v) is 21.1. The van der Waals surface area contributed by atoms with Crippen LogP contribution in [0.5, 0.6) is 0 Å². The van der Waals surface area contributed by atoms with E-state index >= 15 is 0 Å². The lowest BCUT2D eigenvalue weighted by atomic mass is 10.1. The highest BCUT2D eigenvalue weighted by molar-refractivity contribution is 9.08. The van der Waals surface area contributed by atoms with Gasteiger partial charge in [-0.25, -0.2) is 0 Å². The van der Waals surface area contributed by atoms with Crippen LogP contribution in [0.4, 0.5) is 0 Å². The van der Waals surface area contributed by atoms with Crippen LogP contribution in [0.25, 0.3) is 0 Å². The molecule has 0 aromatic heterocycles. The standard InChI is InChI=1S/C27H25BrP.BrH/c1-22-23(20-28)12-11-13-24(22)21-29(25-14-5-2-6-15-25,26-16-7-3-8-17-26)27-18-9-4-10-19-27;/h2-19H,20-21H2,1H3;1H/q+1;/p-1. The Labute approximate surface area is 199 Å². The van der Waals surface area contributed by atoms with Crippen molar-refractivity contribution in [1.29, 1.82) is 0 Å². The van der Waals surface area contributed by atoms with Crippen molar-refractivity contribution in [3.63, 3.8) is 0 Å². The molecule has 0 nitrogen and oxygen atoms in total. The molecule has 0 bridgehead atoms. The molecule has 0 saturated heterocycles. The summed E-state index contributed by atoms with van der Waals surface area (Å²) in [6.07, 6.45) is 1.03. The smallest absolute Gasteiger partial charge is 0.116 e. The van der Waals surface area contributed by atoms with E-state index in [1.165, 1.54) is 32.6 Å². The van der Waals surface area contributed by atoms with Crippen LogP contribution in [-0.4, -0.2) is 0 Å². The fourth-order valence-electron chi connectivity index (χ4n) is 4.08. The van der Waals surface area contributed by atoms with Gasteiger partial charge >= 0.3 is 0 Å². The molecule has 30 heavy (non-hydrogen) atoms. The minimum atomic E-state index is -1.85. The summed E-state index contributed by atoms with van der Waals surface area (Å²) in [4.78, 5) is 0. The van der Waals surface area contributed by atoms with Crippen LogP contribution in [-0.2, 0) is 11.5 Å². The van der Waals surface area contributed by atoms with E-state index < -0.39 is 7.26 Å². The quantitative estimate of drug-likeness (QED) is 0.260. The molecular formula is C27H25Br2P. The van der Waals surface area contributed by atoms with Crippen LogP contribution in [0.15, 0.2) is 109 Å². The van der Waals surface area contributed by atoms with Crippen LogP contribution in [0.3, 0.4) is 0 Å². The predicted octanol–water partition coefficient (Wildman–Crippen LogP) is 3.39. The van der Waals surface area contributed by atoms with Crippen LogP contribution >= 0.6 is 23.2 Å². The normalized spacial score (nSPS) is 11.0. The third-order valence-electron chi connectivity index (χ3n) is 5.70. The molecule has 4 rings (SSSR count). The van der Waals surface area contributed by atoms with E-state index in [0.717, 1.165) is 11.5 Å². The van der Waals surface area contributed by atoms with Gasteiger partial charge < -0.3 is 17.0 Å². The molecule has 152 valence electrons. The molecule has 0 unspecified atom stereocenters. The molecule has 0 aliphatic rings. The van der Waals surface area contributed by atoms with Gasteiger partial charge in [-0.2, -0.15) is 0 Å². The summed E-state index contributed by atoms with van der Waals surface area (Å²) < 4.78 is 0. The van der Waals surface area contributed by atoms with Crippen molar-refractivity contribution < 1.29 is 17.0 Å². The second-order valence-corrected chi connectivity index (χ2v) is 11.4. The number of benzene rings is 4. The monoisotopic (exact) mass is 538 g/mol. The minimum Gasteiger partial charge on any atom is -1.00 e. The van der Waals surface area contributed by atoms with Crippen molar-refractivity contribution in [1.82, 2.24) is 0 Å². The van der Waals surface area contributed by atoms with Crippen LogP contribution in [0.1, 0.15) is 16.7 Å². The summed E-state index contributed by atoms with van der Waals surface area (Å²) in [5.41, 5.74) is 4.21. The lowest BCUT2D eigenvalue weighted by Crippen LogP contribution is -3.00. The number of rotatable bonds is 6. The van der Waals surface area contributed by atoms with Crippen molar-refractivity contribution in [3.05, 3.63) is 126 Å². The molecule has 0 saturated carbocycles. The number of hydrogen-bond acceptors (Lipinski definition) is 0. The Balaban J connectivity index is 0.00000256. The highest BCUT2D eigenvalue weighted by Crippen LogP contribution is 2.58. The van der Waals surface area contributed by atoms with E-state index in [2.05, 4.69) is 132 Å². The summed E-state index contributed by atoms with van der Waals surface area (Å²) in [5.74, 6) is 0. The van der Waals surface area contributed by atoms with Gasteiger partial charge in [-0.3, -0.25) is 0 Å². The van der Waals surface area contributed by atoms with E-state index in [-0.39, 0.29) is 17.0 Å². The molecule has 0 spiro atoms. The summed E-state index contributed by atoms with van der Waals surface area (Å²) in [6.45, 7) is 2.27. The van der Waals surface area contributed by atoms with Crippen molar-refractivity contribution in [2.45, 2.75) is 18.4 Å². The second kappa shape index (κ2) is 10.5. The number of hydrogen-bond donors (Lipinski definition) is 0. The van der Waals surface area contributed by atoms with Gasteiger partial charge in [0.2, 0.25) is 0 Å². The zero-order chi connectivity index (χ0) is 20.1. The first-order chi connectivity index (χ1) is 14.3. The highest BCUT2D eigenvalue weighted by atomic mass is 79.9. The zero-order valence-electron chi connectivity index (χ0n) is 17.0. The Morgan fingerprint density at radius 3 is 1.37 bits per heavy atom. The second-order valence-electron chi connectivity index (χ2n) is 7.31. The van der Waals surface area contributed by atoms with E-state index in [0.29, 0.717) is 0 Å². The fraction of sp³-hybridized carbons (Fsp3) is 0.111. The van der Waals surface area contributed by atoms with Gasteiger partial charge in [0, 0.05) is 5.33 Å². The van der Waals surface area contributed by atoms with E-state index in [9.17, 15) is 0 Å². The van der Waals surface area contributed by atoms with Crippen molar-refractivity contribution in [3.8, 4) is 0 Å². The number of halogens is 2. The van der Waals surface area contributed by atoms with Gasteiger partial charge in [-0.05, 0) is 60.0 Å². The maximum Gasteiger partial charge on any atom is 0.116 e. The molecule has 0 fully saturated rings. The van der Waals surface area contributed by atoms with Gasteiger partial charge in [0.05, 0.1) is 6.16 Å². The van der Waals surface area contributed by atoms with Gasteiger partial charge in [0.1, 0.15) is 23.2 Å². The highest BCUT2D eigenvalue weighted by Gasteiger charge is 2.45. The molecule has 0 N–H and O–H groups in total. The Kier molecular flexibility index (Phi) is 8.06. The van der Waals surface area contributed by atoms with E-state index in [1.54, 1.807) is 0 Å². The maximum absolute atomic E-state index is 3.67. The summed E-state index contributed by atoms with van der Waals surface area (Å²) >= 11 is 3.67. The first-order valence-electron chi connectivity index (χ1n) is 9.94. The van der Waals surface area contributed by atoms with Crippen molar-refractivity contribution in [2.75, 3.05) is 0 Å². The summed E-state index contributed by atoms with van der Waals surface area (Å²) in [7, 11) is -1.85. The van der Waals surface area contributed by atoms with Crippen LogP contribution in [0.2, 0.25) is 0 Å². The van der Waals surface area contributed by atoms with Crippen LogP contribution < -0.4 is 32.9 Å². The predicted molar refractivity (Wildman–Crippen MR) is 133 cm³/mol. The third-order valence-corrected chi connectivity index (χ3v) is 10.7. The van der Waals surface area contributed by atoms with Gasteiger partial charge in [-0.15, -0.1) is 0 Å². The minimum absolute atomic E-state index is 0. The SMILES string of the molecule is Cc1c(CBr)cccc1C[P+](c1ccccc1)(c1ccccc1)c1ccccc1.[Br-].